The summed E-state index contributed by atoms with van der Waals surface area (Å²) in [7, 11) is 0. The summed E-state index contributed by atoms with van der Waals surface area (Å²) in [6, 6.07) is 0. The lowest BCUT2D eigenvalue weighted by molar-refractivity contribution is 0.434. The van der Waals surface area contributed by atoms with Crippen LogP contribution in [0.4, 0.5) is 0 Å². The van der Waals surface area contributed by atoms with Gasteiger partial charge in [0.05, 0.1) is 5.69 Å². The molecule has 2 rings (SSSR count). The molecular weight excluding hydrogens is 174 g/mol. The minimum Gasteiger partial charge on any atom is -0.326 e. The highest BCUT2D eigenvalue weighted by Gasteiger charge is 2.21. The van der Waals surface area contributed by atoms with E-state index in [4.69, 9.17) is 5.73 Å². The topological polar surface area (TPSA) is 54.7 Å². The SMILES string of the molecule is Cc1[nH]nc(C2CCCCC2)c1CN. The molecule has 1 saturated carbocycles. The third-order valence-corrected chi connectivity index (χ3v) is 3.30. The summed E-state index contributed by atoms with van der Waals surface area (Å²) in [6.45, 7) is 2.68. The minimum absolute atomic E-state index is 0.619. The van der Waals surface area contributed by atoms with Crippen LogP contribution in [0.2, 0.25) is 0 Å². The lowest BCUT2D eigenvalue weighted by atomic mass is 9.85. The summed E-state index contributed by atoms with van der Waals surface area (Å²) in [5.74, 6) is 0.659. The van der Waals surface area contributed by atoms with Crippen LogP contribution in [-0.2, 0) is 6.54 Å². The summed E-state index contributed by atoms with van der Waals surface area (Å²) in [5.41, 5.74) is 9.38. The number of H-pyrrole nitrogens is 1. The first-order valence-electron chi connectivity index (χ1n) is 5.56. The van der Waals surface area contributed by atoms with E-state index in [-0.39, 0.29) is 0 Å². The van der Waals surface area contributed by atoms with E-state index in [9.17, 15) is 0 Å². The Labute approximate surface area is 85.1 Å². The average molecular weight is 193 g/mol. The van der Waals surface area contributed by atoms with Crippen molar-refractivity contribution in [1.29, 1.82) is 0 Å². The highest BCUT2D eigenvalue weighted by atomic mass is 15.1. The van der Waals surface area contributed by atoms with E-state index >= 15 is 0 Å². The number of aromatic amines is 1. The number of nitrogens with one attached hydrogen (secondary N) is 1. The molecular formula is C11H19N3. The smallest absolute Gasteiger partial charge is 0.0700 e. The van der Waals surface area contributed by atoms with Crippen molar-refractivity contribution in [2.75, 3.05) is 0 Å². The van der Waals surface area contributed by atoms with Gasteiger partial charge in [-0.2, -0.15) is 5.10 Å². The van der Waals surface area contributed by atoms with E-state index in [2.05, 4.69) is 17.1 Å². The number of nitrogens with two attached hydrogens (primary N) is 1. The quantitative estimate of drug-likeness (QED) is 0.756. The van der Waals surface area contributed by atoms with Crippen LogP contribution in [0.5, 0.6) is 0 Å². The zero-order chi connectivity index (χ0) is 9.97. The molecule has 3 heteroatoms. The largest absolute Gasteiger partial charge is 0.326 e. The average Bonchev–Trinajstić information content (AvgIpc) is 2.61. The molecule has 3 N–H and O–H groups in total. The van der Waals surface area contributed by atoms with Gasteiger partial charge in [-0.25, -0.2) is 0 Å². The molecule has 0 unspecified atom stereocenters. The van der Waals surface area contributed by atoms with Gasteiger partial charge < -0.3 is 5.73 Å². The molecule has 14 heavy (non-hydrogen) atoms. The lowest BCUT2D eigenvalue weighted by Gasteiger charge is -2.20. The van der Waals surface area contributed by atoms with Crippen LogP contribution in [0, 0.1) is 6.92 Å². The number of hydrogen-bond donors (Lipinski definition) is 2. The molecule has 0 aliphatic heterocycles. The Hall–Kier alpha value is -0.830. The van der Waals surface area contributed by atoms with Gasteiger partial charge in [-0.1, -0.05) is 19.3 Å². The van der Waals surface area contributed by atoms with E-state index in [1.807, 2.05) is 0 Å². The summed E-state index contributed by atoms with van der Waals surface area (Å²) in [6.07, 6.45) is 6.66. The van der Waals surface area contributed by atoms with E-state index in [1.165, 1.54) is 43.4 Å². The summed E-state index contributed by atoms with van der Waals surface area (Å²) < 4.78 is 0. The molecule has 1 fully saturated rings. The van der Waals surface area contributed by atoms with Gasteiger partial charge in [-0.15, -0.1) is 0 Å². The second kappa shape index (κ2) is 4.13. The number of aromatic nitrogens is 2. The number of aryl methyl sites for hydroxylation is 1. The summed E-state index contributed by atoms with van der Waals surface area (Å²) in [4.78, 5) is 0. The zero-order valence-corrected chi connectivity index (χ0v) is 8.84. The monoisotopic (exact) mass is 193 g/mol. The molecule has 0 aromatic carbocycles. The van der Waals surface area contributed by atoms with Crippen molar-refractivity contribution in [3.63, 3.8) is 0 Å². The third-order valence-electron chi connectivity index (χ3n) is 3.30. The predicted molar refractivity (Wildman–Crippen MR) is 57.0 cm³/mol. The first-order valence-corrected chi connectivity index (χ1v) is 5.56. The van der Waals surface area contributed by atoms with Gasteiger partial charge in [0.15, 0.2) is 0 Å². The van der Waals surface area contributed by atoms with Crippen molar-refractivity contribution >= 4 is 0 Å². The zero-order valence-electron chi connectivity index (χ0n) is 8.84. The Morgan fingerprint density at radius 2 is 2.07 bits per heavy atom. The molecule has 0 atom stereocenters. The molecule has 1 aromatic rings. The standard InChI is InChI=1S/C11H19N3/c1-8-10(7-12)11(14-13-8)9-5-3-2-4-6-9/h9H,2-7,12H2,1H3,(H,13,14). The molecule has 3 nitrogen and oxygen atoms in total. The Balaban J connectivity index is 2.21. The van der Waals surface area contributed by atoms with Crippen LogP contribution in [0.1, 0.15) is 55.0 Å². The van der Waals surface area contributed by atoms with Crippen molar-refractivity contribution in [1.82, 2.24) is 10.2 Å². The van der Waals surface area contributed by atoms with Crippen LogP contribution in [0.3, 0.4) is 0 Å². The fourth-order valence-electron chi connectivity index (χ4n) is 2.44. The molecule has 0 bridgehead atoms. The van der Waals surface area contributed by atoms with Crippen LogP contribution >= 0.6 is 0 Å². The van der Waals surface area contributed by atoms with Gasteiger partial charge in [0.2, 0.25) is 0 Å². The molecule has 78 valence electrons. The third kappa shape index (κ3) is 1.69. The fraction of sp³-hybridized carbons (Fsp3) is 0.727. The first kappa shape index (κ1) is 9.71. The number of hydrogen-bond acceptors (Lipinski definition) is 2. The van der Waals surface area contributed by atoms with Crippen molar-refractivity contribution < 1.29 is 0 Å². The maximum absolute atomic E-state index is 5.74. The van der Waals surface area contributed by atoms with Crippen LogP contribution in [0.25, 0.3) is 0 Å². The van der Waals surface area contributed by atoms with E-state index in [1.54, 1.807) is 0 Å². The Bertz CT molecular complexity index is 297. The van der Waals surface area contributed by atoms with Crippen LogP contribution in [-0.4, -0.2) is 10.2 Å². The predicted octanol–water partition coefficient (Wildman–Crippen LogP) is 2.22. The minimum atomic E-state index is 0.619. The van der Waals surface area contributed by atoms with Gasteiger partial charge >= 0.3 is 0 Å². The molecule has 1 heterocycles. The van der Waals surface area contributed by atoms with Gasteiger partial charge in [-0.05, 0) is 19.8 Å². The Kier molecular flexibility index (Phi) is 2.87. The van der Waals surface area contributed by atoms with Crippen LogP contribution < -0.4 is 5.73 Å². The van der Waals surface area contributed by atoms with Gasteiger partial charge in [0.25, 0.3) is 0 Å². The molecule has 0 amide bonds. The van der Waals surface area contributed by atoms with E-state index in [0.717, 1.165) is 5.69 Å². The maximum atomic E-state index is 5.74. The summed E-state index contributed by atoms with van der Waals surface area (Å²) >= 11 is 0. The lowest BCUT2D eigenvalue weighted by Crippen LogP contribution is -2.09. The molecule has 1 aliphatic rings. The van der Waals surface area contributed by atoms with Gasteiger partial charge in [0.1, 0.15) is 0 Å². The molecule has 1 aromatic heterocycles. The molecule has 0 radical (unpaired) electrons. The second-order valence-corrected chi connectivity index (χ2v) is 4.25. The van der Waals surface area contributed by atoms with Crippen LogP contribution in [0.15, 0.2) is 0 Å². The van der Waals surface area contributed by atoms with Gasteiger partial charge in [-0.3, -0.25) is 5.10 Å². The maximum Gasteiger partial charge on any atom is 0.0700 e. The van der Waals surface area contributed by atoms with Crippen molar-refractivity contribution in [3.8, 4) is 0 Å². The van der Waals surface area contributed by atoms with Crippen molar-refractivity contribution in [2.45, 2.75) is 51.5 Å². The van der Waals surface area contributed by atoms with Crippen molar-refractivity contribution in [3.05, 3.63) is 17.0 Å². The normalized spacial score (nSPS) is 18.7. The molecule has 0 spiro atoms. The molecule has 1 aliphatic carbocycles. The molecule has 0 saturated heterocycles. The van der Waals surface area contributed by atoms with E-state index in [0.29, 0.717) is 12.5 Å². The highest BCUT2D eigenvalue weighted by Crippen LogP contribution is 2.33. The van der Waals surface area contributed by atoms with E-state index < -0.39 is 0 Å². The second-order valence-electron chi connectivity index (χ2n) is 4.25. The summed E-state index contributed by atoms with van der Waals surface area (Å²) in [5, 5.41) is 7.46. The Morgan fingerprint density at radius 3 is 2.71 bits per heavy atom. The first-order chi connectivity index (χ1) is 6.83. The highest BCUT2D eigenvalue weighted by molar-refractivity contribution is 5.27. The fourth-order valence-corrected chi connectivity index (χ4v) is 2.44. The van der Waals surface area contributed by atoms with Crippen molar-refractivity contribution in [2.24, 2.45) is 5.73 Å². The number of rotatable bonds is 2. The number of nitrogens with zero attached hydrogens (tertiary/aromatic N) is 1. The Morgan fingerprint density at radius 1 is 1.36 bits per heavy atom. The van der Waals surface area contributed by atoms with Gasteiger partial charge in [0, 0.05) is 23.7 Å².